The van der Waals surface area contributed by atoms with Crippen LogP contribution in [-0.2, 0) is 6.18 Å². The number of benzene rings is 2. The second-order valence-corrected chi connectivity index (χ2v) is 7.76. The molecule has 0 aliphatic rings. The largest absolute Gasteiger partial charge is 0.431 e. The number of fused-ring (bicyclic) bond motifs is 1. The van der Waals surface area contributed by atoms with E-state index in [2.05, 4.69) is 36.2 Å². The Labute approximate surface area is 196 Å². The number of nitrogens with zero attached hydrogens (tertiary/aromatic N) is 4. The summed E-state index contributed by atoms with van der Waals surface area (Å²) in [5, 5.41) is 14.5. The van der Waals surface area contributed by atoms with Gasteiger partial charge in [-0.15, -0.1) is 0 Å². The summed E-state index contributed by atoms with van der Waals surface area (Å²) in [4.78, 5) is 22.9. The van der Waals surface area contributed by atoms with Crippen LogP contribution in [0.5, 0.6) is 11.6 Å². The molecule has 2 aromatic heterocycles. The van der Waals surface area contributed by atoms with Crippen molar-refractivity contribution >= 4 is 55.6 Å². The summed E-state index contributed by atoms with van der Waals surface area (Å²) in [6.45, 7) is 0. The molecule has 13 heteroatoms. The van der Waals surface area contributed by atoms with Crippen molar-refractivity contribution in [2.24, 2.45) is 0 Å². The lowest BCUT2D eigenvalue weighted by molar-refractivity contribution is -0.385. The lowest BCUT2D eigenvalue weighted by atomic mass is 10.2. The van der Waals surface area contributed by atoms with Crippen molar-refractivity contribution in [1.29, 1.82) is 0 Å². The highest BCUT2D eigenvalue weighted by Gasteiger charge is 2.34. The summed E-state index contributed by atoms with van der Waals surface area (Å²) in [5.74, 6) is -0.598. The topological polar surface area (TPSA) is 103 Å². The third-order valence-corrected chi connectivity index (χ3v) is 5.41. The van der Waals surface area contributed by atoms with Crippen molar-refractivity contribution in [3.63, 3.8) is 0 Å². The molecule has 168 valence electrons. The molecule has 0 aliphatic carbocycles. The molecule has 0 aliphatic heterocycles. The summed E-state index contributed by atoms with van der Waals surface area (Å²) < 4.78 is 45.9. The monoisotopic (exact) mass is 539 g/mol. The summed E-state index contributed by atoms with van der Waals surface area (Å²) >= 11 is 9.03. The first kappa shape index (κ1) is 22.7. The number of ether oxygens (including phenoxy) is 1. The van der Waals surface area contributed by atoms with Crippen LogP contribution in [-0.4, -0.2) is 19.9 Å². The van der Waals surface area contributed by atoms with Gasteiger partial charge in [0.25, 0.3) is 0 Å². The van der Waals surface area contributed by atoms with Crippen LogP contribution in [0.2, 0.25) is 5.02 Å². The van der Waals surface area contributed by atoms with E-state index in [1.165, 1.54) is 12.3 Å². The second-order valence-electron chi connectivity index (χ2n) is 6.50. The standard InChI is InChI=1S/C20H10BrClF3N5O3/c21-13-4-6-15(16-11(13)2-1-7-26-16)33-19-17(30(31)32)18(27-9-28-19)29-10-3-5-14(22)12(8-10)20(23,24)25/h1-9H,(H,27,28,29). The average molecular weight is 541 g/mol. The van der Waals surface area contributed by atoms with Gasteiger partial charge in [0.2, 0.25) is 5.82 Å². The highest BCUT2D eigenvalue weighted by atomic mass is 79.9. The van der Waals surface area contributed by atoms with Crippen molar-refractivity contribution < 1.29 is 22.8 Å². The number of halogens is 5. The smallest absolute Gasteiger partial charge is 0.417 e. The average Bonchev–Trinajstić information content (AvgIpc) is 2.76. The van der Waals surface area contributed by atoms with Gasteiger partial charge >= 0.3 is 17.7 Å². The van der Waals surface area contributed by atoms with Gasteiger partial charge in [-0.3, -0.25) is 15.1 Å². The molecule has 4 aromatic rings. The molecule has 8 nitrogen and oxygen atoms in total. The van der Waals surface area contributed by atoms with Gasteiger partial charge in [-0.25, -0.2) is 4.98 Å². The zero-order chi connectivity index (χ0) is 23.8. The molecule has 0 atom stereocenters. The number of alkyl halides is 3. The number of pyridine rings is 1. The number of aromatic nitrogens is 3. The van der Waals surface area contributed by atoms with Gasteiger partial charge in [0.1, 0.15) is 11.8 Å². The van der Waals surface area contributed by atoms with Gasteiger partial charge in [-0.1, -0.05) is 33.6 Å². The molecule has 33 heavy (non-hydrogen) atoms. The Hall–Kier alpha value is -3.51. The van der Waals surface area contributed by atoms with Crippen LogP contribution in [0.3, 0.4) is 0 Å². The molecular formula is C20H10BrClF3N5O3. The van der Waals surface area contributed by atoms with Crippen LogP contribution in [0.4, 0.5) is 30.4 Å². The Morgan fingerprint density at radius 3 is 2.64 bits per heavy atom. The Morgan fingerprint density at radius 1 is 1.12 bits per heavy atom. The van der Waals surface area contributed by atoms with Crippen LogP contribution in [0.25, 0.3) is 10.9 Å². The molecule has 0 fully saturated rings. The quantitative estimate of drug-likeness (QED) is 0.217. The van der Waals surface area contributed by atoms with E-state index in [0.717, 1.165) is 22.9 Å². The summed E-state index contributed by atoms with van der Waals surface area (Å²) in [6, 6.07) is 9.70. The maximum absolute atomic E-state index is 13.2. The van der Waals surface area contributed by atoms with Gasteiger partial charge in [-0.05, 0) is 36.4 Å². The molecule has 0 saturated heterocycles. The van der Waals surface area contributed by atoms with E-state index < -0.39 is 33.3 Å². The van der Waals surface area contributed by atoms with Gasteiger partial charge in [0, 0.05) is 21.7 Å². The number of hydrogen-bond acceptors (Lipinski definition) is 7. The van der Waals surface area contributed by atoms with E-state index >= 15 is 0 Å². The number of nitrogens with one attached hydrogen (secondary N) is 1. The zero-order valence-corrected chi connectivity index (χ0v) is 18.4. The Balaban J connectivity index is 1.75. The van der Waals surface area contributed by atoms with Gasteiger partial charge in [-0.2, -0.15) is 18.2 Å². The van der Waals surface area contributed by atoms with E-state index in [9.17, 15) is 23.3 Å². The number of hydrogen-bond donors (Lipinski definition) is 1. The number of nitro groups is 1. The third kappa shape index (κ3) is 4.66. The molecule has 0 spiro atoms. The first-order valence-electron chi connectivity index (χ1n) is 8.99. The lowest BCUT2D eigenvalue weighted by Crippen LogP contribution is -2.08. The second kappa shape index (κ2) is 8.79. The van der Waals surface area contributed by atoms with E-state index in [0.29, 0.717) is 10.9 Å². The molecule has 1 N–H and O–H groups in total. The van der Waals surface area contributed by atoms with Crippen LogP contribution < -0.4 is 10.1 Å². The fraction of sp³-hybridized carbons (Fsp3) is 0.0500. The van der Waals surface area contributed by atoms with Crippen molar-refractivity contribution in [1.82, 2.24) is 15.0 Å². The predicted octanol–water partition coefficient (Wildman–Crippen LogP) is 6.90. The van der Waals surface area contributed by atoms with E-state index in [4.69, 9.17) is 16.3 Å². The summed E-state index contributed by atoms with van der Waals surface area (Å²) in [6.07, 6.45) is -2.20. The first-order valence-corrected chi connectivity index (χ1v) is 10.2. The zero-order valence-electron chi connectivity index (χ0n) is 16.1. The normalized spacial score (nSPS) is 11.4. The highest BCUT2D eigenvalue weighted by Crippen LogP contribution is 2.40. The van der Waals surface area contributed by atoms with Gasteiger partial charge in [0.05, 0.1) is 15.5 Å². The lowest BCUT2D eigenvalue weighted by Gasteiger charge is -2.13. The van der Waals surface area contributed by atoms with Crippen LogP contribution in [0.1, 0.15) is 5.56 Å². The van der Waals surface area contributed by atoms with E-state index in [1.807, 2.05) is 0 Å². The molecule has 0 bridgehead atoms. The Morgan fingerprint density at radius 2 is 1.91 bits per heavy atom. The molecule has 0 radical (unpaired) electrons. The minimum Gasteiger partial charge on any atom is -0.431 e. The predicted molar refractivity (Wildman–Crippen MR) is 118 cm³/mol. The Bertz CT molecular complexity index is 1390. The van der Waals surface area contributed by atoms with Gasteiger partial charge < -0.3 is 10.1 Å². The van der Waals surface area contributed by atoms with E-state index in [-0.39, 0.29) is 17.3 Å². The van der Waals surface area contributed by atoms with Crippen LogP contribution >= 0.6 is 27.5 Å². The molecule has 4 rings (SSSR count). The van der Waals surface area contributed by atoms with Crippen molar-refractivity contribution in [2.45, 2.75) is 6.18 Å². The minimum atomic E-state index is -4.71. The molecule has 0 saturated carbocycles. The minimum absolute atomic E-state index is 0.116. The maximum atomic E-state index is 13.2. The molecular weight excluding hydrogens is 531 g/mol. The molecule has 0 amide bonds. The third-order valence-electron chi connectivity index (χ3n) is 4.39. The number of anilines is 2. The van der Waals surface area contributed by atoms with E-state index in [1.54, 1.807) is 24.3 Å². The molecule has 2 aromatic carbocycles. The number of rotatable bonds is 5. The highest BCUT2D eigenvalue weighted by molar-refractivity contribution is 9.10. The Kier molecular flexibility index (Phi) is 6.04. The first-order chi connectivity index (χ1) is 15.6. The van der Waals surface area contributed by atoms with Crippen molar-refractivity contribution in [3.05, 3.63) is 80.2 Å². The van der Waals surface area contributed by atoms with Crippen molar-refractivity contribution in [2.75, 3.05) is 5.32 Å². The molecule has 2 heterocycles. The SMILES string of the molecule is O=[N+]([O-])c1c(Nc2ccc(Cl)c(C(F)(F)F)c2)ncnc1Oc1ccc(Br)c2cccnc12. The summed E-state index contributed by atoms with van der Waals surface area (Å²) in [5.41, 5.74) is -1.47. The van der Waals surface area contributed by atoms with Gasteiger partial charge in [0.15, 0.2) is 5.75 Å². The summed E-state index contributed by atoms with van der Waals surface area (Å²) in [7, 11) is 0. The fourth-order valence-electron chi connectivity index (χ4n) is 2.95. The fourth-order valence-corrected chi connectivity index (χ4v) is 3.63. The maximum Gasteiger partial charge on any atom is 0.417 e. The van der Waals surface area contributed by atoms with Crippen LogP contribution in [0, 0.1) is 10.1 Å². The van der Waals surface area contributed by atoms with Crippen LogP contribution in [0.15, 0.2) is 59.5 Å². The molecule has 0 unspecified atom stereocenters. The van der Waals surface area contributed by atoms with Crippen molar-refractivity contribution in [3.8, 4) is 11.6 Å².